The summed E-state index contributed by atoms with van der Waals surface area (Å²) in [4.78, 5) is 0. The third-order valence-corrected chi connectivity index (χ3v) is 3.88. The molecule has 0 bridgehead atoms. The summed E-state index contributed by atoms with van der Waals surface area (Å²) in [7, 11) is -3.15. The molecule has 0 heterocycles. The van der Waals surface area contributed by atoms with Gasteiger partial charge in [0.25, 0.3) is 0 Å². The Labute approximate surface area is 81.1 Å². The van der Waals surface area contributed by atoms with Crippen LogP contribution in [0.25, 0.3) is 0 Å². The predicted octanol–water partition coefficient (Wildman–Crippen LogP) is 1.22. The van der Waals surface area contributed by atoms with Crippen molar-refractivity contribution >= 4 is 9.84 Å². The Morgan fingerprint density at radius 2 is 1.69 bits per heavy atom. The van der Waals surface area contributed by atoms with Gasteiger partial charge in [0.15, 0.2) is 9.84 Å². The summed E-state index contributed by atoms with van der Waals surface area (Å²) in [6.45, 7) is 7.29. The molecule has 0 rings (SSSR count). The third-order valence-electron chi connectivity index (χ3n) is 2.19. The maximum atomic E-state index is 11.3. The van der Waals surface area contributed by atoms with E-state index in [9.17, 15) is 13.5 Å². The van der Waals surface area contributed by atoms with E-state index in [0.717, 1.165) is 0 Å². The second-order valence-electron chi connectivity index (χ2n) is 4.59. The van der Waals surface area contributed by atoms with Crippen LogP contribution in [0.15, 0.2) is 0 Å². The minimum Gasteiger partial charge on any atom is -0.391 e. The summed E-state index contributed by atoms with van der Waals surface area (Å²) >= 11 is 0. The van der Waals surface area contributed by atoms with Crippen LogP contribution in [0.5, 0.6) is 0 Å². The van der Waals surface area contributed by atoms with Crippen LogP contribution in [0.3, 0.4) is 0 Å². The highest BCUT2D eigenvalue weighted by atomic mass is 32.2. The molecule has 0 aliphatic rings. The highest BCUT2D eigenvalue weighted by molar-refractivity contribution is 7.91. The molecule has 0 saturated carbocycles. The Balaban J connectivity index is 4.82. The van der Waals surface area contributed by atoms with Crippen molar-refractivity contribution in [3.8, 4) is 0 Å². The minimum atomic E-state index is -3.15. The lowest BCUT2D eigenvalue weighted by Crippen LogP contribution is -2.41. The molecule has 13 heavy (non-hydrogen) atoms. The smallest absolute Gasteiger partial charge is 0.152 e. The van der Waals surface area contributed by atoms with Crippen LogP contribution in [0.1, 0.15) is 34.1 Å². The molecule has 0 aliphatic heterocycles. The van der Waals surface area contributed by atoms with E-state index in [2.05, 4.69) is 0 Å². The average Bonchev–Trinajstić information content (AvgIpc) is 1.83. The predicted molar refractivity (Wildman–Crippen MR) is 54.4 cm³/mol. The minimum absolute atomic E-state index is 0.385. The van der Waals surface area contributed by atoms with Gasteiger partial charge < -0.3 is 5.11 Å². The molecule has 0 saturated heterocycles. The van der Waals surface area contributed by atoms with E-state index in [-0.39, 0.29) is 5.41 Å². The number of sulfone groups is 1. The molecular weight excluding hydrogens is 188 g/mol. The first-order chi connectivity index (χ1) is 5.60. The average molecular weight is 208 g/mol. The van der Waals surface area contributed by atoms with Crippen molar-refractivity contribution in [2.24, 2.45) is 5.41 Å². The lowest BCUT2D eigenvalue weighted by atomic mass is 9.86. The first-order valence-corrected chi connectivity index (χ1v) is 6.43. The first-order valence-electron chi connectivity index (χ1n) is 4.47. The van der Waals surface area contributed by atoms with E-state index in [0.29, 0.717) is 6.42 Å². The Morgan fingerprint density at radius 1 is 1.31 bits per heavy atom. The van der Waals surface area contributed by atoms with E-state index in [1.165, 1.54) is 6.26 Å². The SMILES string of the molecule is CC[C@@H]([C@@H](O)C(C)(C)C)S(C)(=O)=O. The van der Waals surface area contributed by atoms with Gasteiger partial charge in [-0.2, -0.15) is 0 Å². The first kappa shape index (κ1) is 12.9. The van der Waals surface area contributed by atoms with Gasteiger partial charge in [0.1, 0.15) is 0 Å². The lowest BCUT2D eigenvalue weighted by Gasteiger charge is -2.31. The molecule has 0 aromatic rings. The van der Waals surface area contributed by atoms with E-state index in [1.807, 2.05) is 20.8 Å². The summed E-state index contributed by atoms with van der Waals surface area (Å²) in [6.07, 6.45) is 0.834. The quantitative estimate of drug-likeness (QED) is 0.758. The monoisotopic (exact) mass is 208 g/mol. The Bertz CT molecular complexity index is 249. The molecule has 80 valence electrons. The van der Waals surface area contributed by atoms with Crippen LogP contribution >= 0.6 is 0 Å². The molecule has 0 aromatic carbocycles. The molecule has 0 amide bonds. The summed E-state index contributed by atoms with van der Waals surface area (Å²) in [5.41, 5.74) is -0.385. The second kappa shape index (κ2) is 3.96. The molecule has 0 radical (unpaired) electrons. The maximum absolute atomic E-state index is 11.3. The van der Waals surface area contributed by atoms with Crippen LogP contribution in [-0.2, 0) is 9.84 Å². The van der Waals surface area contributed by atoms with Crippen LogP contribution in [0.4, 0.5) is 0 Å². The number of rotatable bonds is 3. The van der Waals surface area contributed by atoms with Gasteiger partial charge in [0.05, 0.1) is 11.4 Å². The molecule has 3 nitrogen and oxygen atoms in total. The summed E-state index contributed by atoms with van der Waals surface area (Å²) in [5.74, 6) is 0. The number of hydrogen-bond acceptors (Lipinski definition) is 3. The fourth-order valence-corrected chi connectivity index (χ4v) is 2.80. The van der Waals surface area contributed by atoms with Crippen LogP contribution in [0, 0.1) is 5.41 Å². The fourth-order valence-electron chi connectivity index (χ4n) is 1.32. The van der Waals surface area contributed by atoms with Crippen molar-refractivity contribution in [1.29, 1.82) is 0 Å². The largest absolute Gasteiger partial charge is 0.391 e. The van der Waals surface area contributed by atoms with Crippen molar-refractivity contribution in [2.45, 2.75) is 45.5 Å². The molecule has 0 fully saturated rings. The lowest BCUT2D eigenvalue weighted by molar-refractivity contribution is 0.0581. The van der Waals surface area contributed by atoms with Crippen LogP contribution in [0.2, 0.25) is 0 Å². The van der Waals surface area contributed by atoms with E-state index < -0.39 is 21.2 Å². The maximum Gasteiger partial charge on any atom is 0.152 e. The molecule has 0 aliphatic carbocycles. The third kappa shape index (κ3) is 3.65. The van der Waals surface area contributed by atoms with Crippen LogP contribution < -0.4 is 0 Å². The van der Waals surface area contributed by atoms with Gasteiger partial charge in [0, 0.05) is 6.26 Å². The van der Waals surface area contributed by atoms with Gasteiger partial charge >= 0.3 is 0 Å². The highest BCUT2D eigenvalue weighted by Crippen LogP contribution is 2.26. The normalized spacial score (nSPS) is 18.3. The Morgan fingerprint density at radius 3 is 1.77 bits per heavy atom. The zero-order valence-electron chi connectivity index (χ0n) is 9.03. The van der Waals surface area contributed by atoms with Crippen molar-refractivity contribution < 1.29 is 13.5 Å². The van der Waals surface area contributed by atoms with E-state index >= 15 is 0 Å². The standard InChI is InChI=1S/C9H20O3S/c1-6-7(13(5,11)12)8(10)9(2,3)4/h7-8,10H,6H2,1-5H3/t7-,8+/m0/s1. The van der Waals surface area contributed by atoms with E-state index in [4.69, 9.17) is 0 Å². The zero-order chi connectivity index (χ0) is 10.9. The van der Waals surface area contributed by atoms with Crippen molar-refractivity contribution in [2.75, 3.05) is 6.26 Å². The van der Waals surface area contributed by atoms with Gasteiger partial charge in [-0.1, -0.05) is 27.7 Å². The van der Waals surface area contributed by atoms with Crippen molar-refractivity contribution in [1.82, 2.24) is 0 Å². The number of aliphatic hydroxyl groups is 1. The summed E-state index contributed by atoms with van der Waals surface area (Å²) < 4.78 is 22.6. The van der Waals surface area contributed by atoms with Gasteiger partial charge in [-0.25, -0.2) is 8.42 Å². The Kier molecular flexibility index (Phi) is 3.94. The van der Waals surface area contributed by atoms with Gasteiger partial charge in [-0.05, 0) is 11.8 Å². The molecule has 4 heteroatoms. The molecule has 0 unspecified atom stereocenters. The Hall–Kier alpha value is -0.0900. The van der Waals surface area contributed by atoms with Crippen molar-refractivity contribution in [3.05, 3.63) is 0 Å². The van der Waals surface area contributed by atoms with Crippen molar-refractivity contribution in [3.63, 3.8) is 0 Å². The second-order valence-corrected chi connectivity index (χ2v) is 6.85. The fraction of sp³-hybridized carbons (Fsp3) is 1.00. The van der Waals surface area contributed by atoms with Gasteiger partial charge in [0.2, 0.25) is 0 Å². The number of hydrogen-bond donors (Lipinski definition) is 1. The van der Waals surface area contributed by atoms with Gasteiger partial charge in [-0.15, -0.1) is 0 Å². The van der Waals surface area contributed by atoms with Crippen LogP contribution in [-0.4, -0.2) is 31.1 Å². The molecular formula is C9H20O3S. The topological polar surface area (TPSA) is 54.4 Å². The molecule has 1 N–H and O–H groups in total. The summed E-state index contributed by atoms with van der Waals surface area (Å²) in [5, 5.41) is 9.16. The summed E-state index contributed by atoms with van der Waals surface area (Å²) in [6, 6.07) is 0. The molecule has 2 atom stereocenters. The highest BCUT2D eigenvalue weighted by Gasteiger charge is 2.35. The number of aliphatic hydroxyl groups excluding tert-OH is 1. The molecule has 0 aromatic heterocycles. The molecule has 0 spiro atoms. The van der Waals surface area contributed by atoms with Gasteiger partial charge in [-0.3, -0.25) is 0 Å². The zero-order valence-corrected chi connectivity index (χ0v) is 9.85. The van der Waals surface area contributed by atoms with E-state index in [1.54, 1.807) is 6.92 Å².